The lowest BCUT2D eigenvalue weighted by molar-refractivity contribution is 0.0722. The number of likely N-dealkylation sites (tertiary alicyclic amines) is 1. The molecule has 0 spiro atoms. The summed E-state index contributed by atoms with van der Waals surface area (Å²) in [6.07, 6.45) is 4.34. The Hall–Kier alpha value is -0.0800. The summed E-state index contributed by atoms with van der Waals surface area (Å²) in [6, 6.07) is 0.876. The van der Waals surface area contributed by atoms with Crippen LogP contribution >= 0.6 is 0 Å². The van der Waals surface area contributed by atoms with Crippen molar-refractivity contribution in [2.24, 2.45) is 17.8 Å². The molecule has 2 nitrogen and oxygen atoms in total. The summed E-state index contributed by atoms with van der Waals surface area (Å²) in [4.78, 5) is 2.86. The molecule has 0 aromatic rings. The lowest BCUT2D eigenvalue weighted by atomic mass is 9.84. The lowest BCUT2D eigenvalue weighted by Gasteiger charge is -2.41. The highest BCUT2D eigenvalue weighted by atomic mass is 15.3. The molecule has 2 aliphatic heterocycles. The minimum Gasteiger partial charge on any atom is -0.316 e. The second kappa shape index (κ2) is 3.71. The van der Waals surface area contributed by atoms with Gasteiger partial charge in [0, 0.05) is 24.7 Å². The Labute approximate surface area is 99.8 Å². The number of nitrogens with zero attached hydrogens (tertiary/aromatic N) is 1. The van der Waals surface area contributed by atoms with Crippen LogP contribution in [0.2, 0.25) is 0 Å². The summed E-state index contributed by atoms with van der Waals surface area (Å²) in [5.74, 6) is 2.73. The third-order valence-corrected chi connectivity index (χ3v) is 5.64. The van der Waals surface area contributed by atoms with E-state index in [4.69, 9.17) is 0 Å². The first-order chi connectivity index (χ1) is 7.60. The number of hydrogen-bond donors (Lipinski definition) is 1. The number of fused-ring (bicyclic) bond motifs is 1. The monoisotopic (exact) mass is 222 g/mol. The van der Waals surface area contributed by atoms with Gasteiger partial charge in [0.15, 0.2) is 0 Å². The van der Waals surface area contributed by atoms with E-state index < -0.39 is 0 Å². The van der Waals surface area contributed by atoms with Crippen molar-refractivity contribution in [1.29, 1.82) is 0 Å². The first-order valence-electron chi connectivity index (χ1n) is 7.08. The molecular weight excluding hydrogens is 196 g/mol. The zero-order valence-electron chi connectivity index (χ0n) is 11.0. The van der Waals surface area contributed by atoms with Gasteiger partial charge < -0.3 is 5.32 Å². The molecule has 1 N–H and O–H groups in total. The van der Waals surface area contributed by atoms with Gasteiger partial charge in [0.05, 0.1) is 0 Å². The maximum absolute atomic E-state index is 3.58. The molecule has 1 saturated carbocycles. The van der Waals surface area contributed by atoms with Crippen LogP contribution in [0.1, 0.15) is 40.0 Å². The van der Waals surface area contributed by atoms with Gasteiger partial charge in [-0.25, -0.2) is 0 Å². The number of rotatable bonds is 1. The molecule has 0 radical (unpaired) electrons. The van der Waals surface area contributed by atoms with Crippen molar-refractivity contribution in [1.82, 2.24) is 10.2 Å². The molecule has 2 saturated heterocycles. The van der Waals surface area contributed by atoms with Gasteiger partial charge in [0.1, 0.15) is 0 Å². The average Bonchev–Trinajstić information content (AvgIpc) is 2.85. The van der Waals surface area contributed by atoms with Gasteiger partial charge in [0.25, 0.3) is 0 Å². The van der Waals surface area contributed by atoms with Gasteiger partial charge in [0.2, 0.25) is 0 Å². The Balaban J connectivity index is 1.81. The van der Waals surface area contributed by atoms with E-state index in [2.05, 4.69) is 31.0 Å². The predicted molar refractivity (Wildman–Crippen MR) is 67.4 cm³/mol. The minimum atomic E-state index is 0.428. The van der Waals surface area contributed by atoms with Crippen LogP contribution < -0.4 is 5.32 Å². The molecule has 16 heavy (non-hydrogen) atoms. The van der Waals surface area contributed by atoms with Gasteiger partial charge in [-0.05, 0) is 51.0 Å². The van der Waals surface area contributed by atoms with E-state index in [1.54, 1.807) is 0 Å². The van der Waals surface area contributed by atoms with E-state index in [9.17, 15) is 0 Å². The van der Waals surface area contributed by atoms with Crippen molar-refractivity contribution in [2.75, 3.05) is 19.6 Å². The Morgan fingerprint density at radius 2 is 2.00 bits per heavy atom. The Morgan fingerprint density at radius 1 is 1.19 bits per heavy atom. The fourth-order valence-corrected chi connectivity index (χ4v) is 4.60. The molecule has 2 heterocycles. The summed E-state index contributed by atoms with van der Waals surface area (Å²) in [6.45, 7) is 11.3. The van der Waals surface area contributed by atoms with Crippen LogP contribution in [-0.4, -0.2) is 36.1 Å². The van der Waals surface area contributed by atoms with Crippen LogP contribution in [0.4, 0.5) is 0 Å². The van der Waals surface area contributed by atoms with Gasteiger partial charge in [-0.15, -0.1) is 0 Å². The molecule has 0 aromatic heterocycles. The molecule has 1 aliphatic carbocycles. The van der Waals surface area contributed by atoms with Crippen LogP contribution in [0.15, 0.2) is 0 Å². The van der Waals surface area contributed by atoms with Crippen molar-refractivity contribution in [3.05, 3.63) is 0 Å². The second-order valence-electron chi connectivity index (χ2n) is 6.81. The molecule has 0 amide bonds. The summed E-state index contributed by atoms with van der Waals surface area (Å²) in [5.41, 5.74) is 0.428. The fourth-order valence-electron chi connectivity index (χ4n) is 4.60. The smallest absolute Gasteiger partial charge is 0.0200 e. The maximum Gasteiger partial charge on any atom is 0.0200 e. The maximum atomic E-state index is 3.58. The molecule has 3 fully saturated rings. The molecule has 2 heteroatoms. The van der Waals surface area contributed by atoms with Gasteiger partial charge in [-0.3, -0.25) is 4.90 Å². The van der Waals surface area contributed by atoms with E-state index in [1.165, 1.54) is 38.9 Å². The quantitative estimate of drug-likeness (QED) is 0.731. The Morgan fingerprint density at radius 3 is 2.62 bits per heavy atom. The van der Waals surface area contributed by atoms with Crippen LogP contribution in [-0.2, 0) is 0 Å². The standard InChI is InChI=1S/C14H26N2/c1-10-5-4-6-13(10)16-9-11-7-15-8-12(11)14(16,2)3/h10-13,15H,4-9H2,1-3H3. The zero-order valence-corrected chi connectivity index (χ0v) is 11.0. The summed E-state index contributed by atoms with van der Waals surface area (Å²) >= 11 is 0. The van der Waals surface area contributed by atoms with Crippen LogP contribution in [0.5, 0.6) is 0 Å². The van der Waals surface area contributed by atoms with Crippen LogP contribution in [0.25, 0.3) is 0 Å². The summed E-state index contributed by atoms with van der Waals surface area (Å²) in [5, 5.41) is 3.58. The lowest BCUT2D eigenvalue weighted by Crippen LogP contribution is -2.50. The van der Waals surface area contributed by atoms with Gasteiger partial charge in [-0.1, -0.05) is 13.3 Å². The van der Waals surface area contributed by atoms with E-state index in [-0.39, 0.29) is 0 Å². The second-order valence-corrected chi connectivity index (χ2v) is 6.81. The van der Waals surface area contributed by atoms with E-state index in [0.717, 1.165) is 23.8 Å². The van der Waals surface area contributed by atoms with Gasteiger partial charge in [-0.2, -0.15) is 0 Å². The van der Waals surface area contributed by atoms with Crippen molar-refractivity contribution >= 4 is 0 Å². The van der Waals surface area contributed by atoms with Crippen molar-refractivity contribution in [3.63, 3.8) is 0 Å². The predicted octanol–water partition coefficient (Wildman–Crippen LogP) is 2.10. The molecule has 4 unspecified atom stereocenters. The summed E-state index contributed by atoms with van der Waals surface area (Å²) < 4.78 is 0. The van der Waals surface area contributed by atoms with E-state index in [0.29, 0.717) is 5.54 Å². The molecule has 0 bridgehead atoms. The first-order valence-corrected chi connectivity index (χ1v) is 7.08. The average molecular weight is 222 g/mol. The highest BCUT2D eigenvalue weighted by Gasteiger charge is 2.52. The molecule has 3 aliphatic rings. The highest BCUT2D eigenvalue weighted by molar-refractivity contribution is 5.07. The molecule has 0 aromatic carbocycles. The zero-order chi connectivity index (χ0) is 11.3. The van der Waals surface area contributed by atoms with Crippen molar-refractivity contribution in [3.8, 4) is 0 Å². The van der Waals surface area contributed by atoms with E-state index >= 15 is 0 Å². The first kappa shape index (κ1) is 11.0. The van der Waals surface area contributed by atoms with Crippen LogP contribution in [0.3, 0.4) is 0 Å². The summed E-state index contributed by atoms with van der Waals surface area (Å²) in [7, 11) is 0. The van der Waals surface area contributed by atoms with Crippen molar-refractivity contribution in [2.45, 2.75) is 51.6 Å². The van der Waals surface area contributed by atoms with Crippen molar-refractivity contribution < 1.29 is 0 Å². The highest BCUT2D eigenvalue weighted by Crippen LogP contribution is 2.45. The molecular formula is C14H26N2. The Bertz CT molecular complexity index is 274. The minimum absolute atomic E-state index is 0.428. The fraction of sp³-hybridized carbons (Fsp3) is 1.00. The molecule has 4 atom stereocenters. The third kappa shape index (κ3) is 1.46. The van der Waals surface area contributed by atoms with Crippen LogP contribution in [0, 0.1) is 17.8 Å². The number of nitrogens with one attached hydrogen (secondary N) is 1. The molecule has 3 rings (SSSR count). The number of hydrogen-bond acceptors (Lipinski definition) is 2. The third-order valence-electron chi connectivity index (χ3n) is 5.64. The topological polar surface area (TPSA) is 15.3 Å². The largest absolute Gasteiger partial charge is 0.316 e. The van der Waals surface area contributed by atoms with E-state index in [1.807, 2.05) is 0 Å². The van der Waals surface area contributed by atoms with Gasteiger partial charge >= 0.3 is 0 Å². The SMILES string of the molecule is CC1CCCC1N1CC2CNCC2C1(C)C. The normalized spacial score (nSPS) is 47.4. The Kier molecular flexibility index (Phi) is 2.56. The molecule has 92 valence electrons.